The molecule has 0 aliphatic rings. The predicted molar refractivity (Wildman–Crippen MR) is 141 cm³/mol. The van der Waals surface area contributed by atoms with E-state index >= 15 is 0 Å². The minimum atomic E-state index is -0.211. The Bertz CT molecular complexity index is 1170. The van der Waals surface area contributed by atoms with Crippen LogP contribution in [-0.4, -0.2) is 45.4 Å². The van der Waals surface area contributed by atoms with E-state index in [2.05, 4.69) is 44.0 Å². The van der Waals surface area contributed by atoms with Crippen LogP contribution < -0.4 is 5.32 Å². The molecule has 6 nitrogen and oxygen atoms in total. The van der Waals surface area contributed by atoms with Crippen molar-refractivity contribution in [1.82, 2.24) is 25.0 Å². The molecule has 4 aromatic rings. The summed E-state index contributed by atoms with van der Waals surface area (Å²) in [6, 6.07) is 30.2. The van der Waals surface area contributed by atoms with E-state index in [1.54, 1.807) is 0 Å². The van der Waals surface area contributed by atoms with Crippen LogP contribution in [0.4, 0.5) is 0 Å². The van der Waals surface area contributed by atoms with Crippen LogP contribution in [0.1, 0.15) is 41.5 Å². The molecule has 180 valence electrons. The third-order valence-electron chi connectivity index (χ3n) is 5.98. The van der Waals surface area contributed by atoms with Gasteiger partial charge < -0.3 is 9.88 Å². The van der Waals surface area contributed by atoms with Gasteiger partial charge in [0.25, 0.3) is 0 Å². The summed E-state index contributed by atoms with van der Waals surface area (Å²) in [6.07, 6.45) is 0. The number of rotatable bonds is 10. The molecule has 1 heterocycles. The molecule has 3 aromatic carbocycles. The molecule has 1 amide bonds. The molecule has 7 heteroatoms. The van der Waals surface area contributed by atoms with Crippen LogP contribution in [0.5, 0.6) is 0 Å². The maximum atomic E-state index is 13.1. The predicted octanol–water partition coefficient (Wildman–Crippen LogP) is 4.95. The van der Waals surface area contributed by atoms with E-state index in [1.807, 2.05) is 93.0 Å². The molecule has 1 N–H and O–H groups in total. The van der Waals surface area contributed by atoms with Gasteiger partial charge in [-0.05, 0) is 37.7 Å². The molecule has 0 spiro atoms. The monoisotopic (exact) mass is 485 g/mol. The fraction of sp³-hybridized carbons (Fsp3) is 0.250. The third-order valence-corrected chi connectivity index (χ3v) is 6.95. The van der Waals surface area contributed by atoms with Gasteiger partial charge in [-0.1, -0.05) is 103 Å². The number of hydrogen-bond acceptors (Lipinski definition) is 5. The highest BCUT2D eigenvalue weighted by molar-refractivity contribution is 7.99. The quantitative estimate of drug-likeness (QED) is 0.322. The summed E-state index contributed by atoms with van der Waals surface area (Å²) in [5.74, 6) is 1.08. The molecule has 35 heavy (non-hydrogen) atoms. The molecule has 1 atom stereocenters. The average Bonchev–Trinajstić information content (AvgIpc) is 3.29. The third kappa shape index (κ3) is 6.38. The van der Waals surface area contributed by atoms with E-state index in [0.717, 1.165) is 22.1 Å². The zero-order chi connectivity index (χ0) is 24.6. The molecule has 0 saturated carbocycles. The second-order valence-corrected chi connectivity index (χ2v) is 9.61. The van der Waals surface area contributed by atoms with Crippen LogP contribution in [0.15, 0.2) is 96.2 Å². The Balaban J connectivity index is 1.51. The van der Waals surface area contributed by atoms with Crippen LogP contribution >= 0.6 is 11.8 Å². The summed E-state index contributed by atoms with van der Waals surface area (Å²) in [6.45, 7) is 2.76. The molecule has 0 bridgehead atoms. The van der Waals surface area contributed by atoms with Crippen molar-refractivity contribution >= 4 is 17.7 Å². The van der Waals surface area contributed by atoms with Gasteiger partial charge in [-0.25, -0.2) is 0 Å². The lowest BCUT2D eigenvalue weighted by atomic mass is 9.99. The van der Waals surface area contributed by atoms with Gasteiger partial charge in [0, 0.05) is 0 Å². The van der Waals surface area contributed by atoms with Crippen molar-refractivity contribution in [2.75, 3.05) is 19.8 Å². The Morgan fingerprint density at radius 3 is 1.97 bits per heavy atom. The number of thioether (sulfide) groups is 1. The Morgan fingerprint density at radius 1 is 0.886 bits per heavy atom. The normalized spacial score (nSPS) is 12.1. The van der Waals surface area contributed by atoms with Crippen molar-refractivity contribution in [2.45, 2.75) is 30.7 Å². The average molecular weight is 486 g/mol. The lowest BCUT2D eigenvalue weighted by molar-refractivity contribution is -0.119. The van der Waals surface area contributed by atoms with E-state index in [0.29, 0.717) is 6.54 Å². The first-order valence-corrected chi connectivity index (χ1v) is 12.7. The van der Waals surface area contributed by atoms with Crippen molar-refractivity contribution in [3.63, 3.8) is 0 Å². The summed E-state index contributed by atoms with van der Waals surface area (Å²) in [5.41, 5.74) is 3.26. The SMILES string of the molecule is CC(c1nnc(SCC(=O)NC(c2ccccc2)c2ccccc2)n1Cc1ccccc1)N(C)C. The van der Waals surface area contributed by atoms with Crippen LogP contribution in [0.2, 0.25) is 0 Å². The van der Waals surface area contributed by atoms with Gasteiger partial charge in [-0.2, -0.15) is 0 Å². The van der Waals surface area contributed by atoms with Gasteiger partial charge in [-0.3, -0.25) is 9.69 Å². The summed E-state index contributed by atoms with van der Waals surface area (Å²) in [4.78, 5) is 15.2. The summed E-state index contributed by atoms with van der Waals surface area (Å²) >= 11 is 1.42. The van der Waals surface area contributed by atoms with Gasteiger partial charge in [0.1, 0.15) is 0 Å². The highest BCUT2D eigenvalue weighted by Gasteiger charge is 2.22. The smallest absolute Gasteiger partial charge is 0.231 e. The molecule has 0 saturated heterocycles. The van der Waals surface area contributed by atoms with Crippen molar-refractivity contribution < 1.29 is 4.79 Å². The number of amides is 1. The second kappa shape index (κ2) is 11.8. The van der Waals surface area contributed by atoms with Crippen molar-refractivity contribution in [2.24, 2.45) is 0 Å². The number of nitrogens with zero attached hydrogens (tertiary/aromatic N) is 4. The summed E-state index contributed by atoms with van der Waals surface area (Å²) in [5, 5.41) is 12.9. The van der Waals surface area contributed by atoms with Gasteiger partial charge in [0.2, 0.25) is 5.91 Å². The number of carbonyl (C=O) groups is 1. The highest BCUT2D eigenvalue weighted by Crippen LogP contribution is 2.25. The number of nitrogens with one attached hydrogen (secondary N) is 1. The number of aromatic nitrogens is 3. The van der Waals surface area contributed by atoms with Crippen LogP contribution in [0, 0.1) is 0 Å². The van der Waals surface area contributed by atoms with E-state index < -0.39 is 0 Å². The van der Waals surface area contributed by atoms with Crippen LogP contribution in [-0.2, 0) is 11.3 Å². The molecular formula is C28H31N5OS. The molecule has 0 aliphatic carbocycles. The minimum absolute atomic E-state index is 0.0517. The molecule has 0 aliphatic heterocycles. The molecule has 0 fully saturated rings. The van der Waals surface area contributed by atoms with Crippen LogP contribution in [0.3, 0.4) is 0 Å². The Morgan fingerprint density at radius 2 is 1.43 bits per heavy atom. The lowest BCUT2D eigenvalue weighted by Crippen LogP contribution is -2.30. The largest absolute Gasteiger partial charge is 0.344 e. The zero-order valence-electron chi connectivity index (χ0n) is 20.3. The molecule has 0 radical (unpaired) electrons. The van der Waals surface area contributed by atoms with E-state index in [4.69, 9.17) is 0 Å². The van der Waals surface area contributed by atoms with Gasteiger partial charge in [0.05, 0.1) is 24.4 Å². The van der Waals surface area contributed by atoms with E-state index in [9.17, 15) is 4.79 Å². The second-order valence-electron chi connectivity index (χ2n) is 8.66. The maximum absolute atomic E-state index is 13.1. The molecule has 4 rings (SSSR count). The summed E-state index contributed by atoms with van der Waals surface area (Å²) < 4.78 is 2.11. The van der Waals surface area contributed by atoms with E-state index in [-0.39, 0.29) is 23.7 Å². The minimum Gasteiger partial charge on any atom is -0.344 e. The van der Waals surface area contributed by atoms with Crippen molar-refractivity contribution in [3.8, 4) is 0 Å². The van der Waals surface area contributed by atoms with Gasteiger partial charge in [-0.15, -0.1) is 10.2 Å². The first-order valence-electron chi connectivity index (χ1n) is 11.7. The van der Waals surface area contributed by atoms with Crippen molar-refractivity contribution in [3.05, 3.63) is 114 Å². The number of hydrogen-bond donors (Lipinski definition) is 1. The van der Waals surface area contributed by atoms with Gasteiger partial charge in [0.15, 0.2) is 11.0 Å². The Kier molecular flexibility index (Phi) is 8.34. The standard InChI is InChI=1S/C28H31N5OS/c1-21(32(2)3)27-30-31-28(33(27)19-22-13-7-4-8-14-22)35-20-25(34)29-26(23-15-9-5-10-16-23)24-17-11-6-12-18-24/h4-18,21,26H,19-20H2,1-3H3,(H,29,34). The number of benzene rings is 3. The Labute approximate surface area is 211 Å². The number of carbonyl (C=O) groups excluding carboxylic acids is 1. The van der Waals surface area contributed by atoms with Gasteiger partial charge >= 0.3 is 0 Å². The fourth-order valence-electron chi connectivity index (χ4n) is 3.84. The molecule has 1 unspecified atom stereocenters. The van der Waals surface area contributed by atoms with Crippen LogP contribution in [0.25, 0.3) is 0 Å². The maximum Gasteiger partial charge on any atom is 0.231 e. The van der Waals surface area contributed by atoms with Crippen molar-refractivity contribution in [1.29, 1.82) is 0 Å². The Hall–Kier alpha value is -3.42. The molecule has 1 aromatic heterocycles. The van der Waals surface area contributed by atoms with E-state index in [1.165, 1.54) is 17.3 Å². The lowest BCUT2D eigenvalue weighted by Gasteiger charge is -2.21. The topological polar surface area (TPSA) is 63.1 Å². The first kappa shape index (κ1) is 24.7. The molecular weight excluding hydrogens is 454 g/mol. The summed E-state index contributed by atoms with van der Waals surface area (Å²) in [7, 11) is 4.06. The zero-order valence-corrected chi connectivity index (χ0v) is 21.2. The fourth-order valence-corrected chi connectivity index (χ4v) is 4.60. The first-order chi connectivity index (χ1) is 17.0. The highest BCUT2D eigenvalue weighted by atomic mass is 32.2.